The third-order valence-corrected chi connectivity index (χ3v) is 9.41. The average Bonchev–Trinajstić information content (AvgIpc) is 3.20. The number of rotatable bonds is 18. The van der Waals surface area contributed by atoms with Crippen molar-refractivity contribution < 1.29 is 33.2 Å². The van der Waals surface area contributed by atoms with Crippen LogP contribution >= 0.6 is 0 Å². The standard InChI is InChI=1S/C46H48O7/c1-3-29-46(53-35(2)47)44(51-33-39-25-15-7-16-26-39)42(49-31-37-21-11-5-12-22-37)41(48-30-36-19-9-4-10-20-36)43(50-32-38-23-13-6-14-24-38)45(46)52-34-40-27-17-8-18-28-40/h3-28,41-45H,1,29-34H2,2H3/t41-,42?,43?,44?,45?,46+. The first-order valence-electron chi connectivity index (χ1n) is 18.1. The first-order valence-corrected chi connectivity index (χ1v) is 18.1. The van der Waals surface area contributed by atoms with Gasteiger partial charge in [-0.2, -0.15) is 0 Å². The normalized spacial score (nSPS) is 22.5. The van der Waals surface area contributed by atoms with E-state index in [-0.39, 0.29) is 39.5 Å². The van der Waals surface area contributed by atoms with Crippen molar-refractivity contribution >= 4 is 5.97 Å². The predicted octanol–water partition coefficient (Wildman–Crippen LogP) is 8.81. The molecule has 6 rings (SSSR count). The number of benzene rings is 5. The summed E-state index contributed by atoms with van der Waals surface area (Å²) in [6.07, 6.45) is -2.07. The van der Waals surface area contributed by atoms with E-state index in [4.69, 9.17) is 28.4 Å². The number of carbonyl (C=O) groups excluding carboxylic acids is 1. The molecule has 53 heavy (non-hydrogen) atoms. The van der Waals surface area contributed by atoms with Crippen LogP contribution in [0.25, 0.3) is 0 Å². The molecule has 4 unspecified atom stereocenters. The van der Waals surface area contributed by atoms with Gasteiger partial charge in [0.2, 0.25) is 0 Å². The summed E-state index contributed by atoms with van der Waals surface area (Å²) < 4.78 is 41.2. The van der Waals surface area contributed by atoms with Crippen LogP contribution in [0, 0.1) is 0 Å². The van der Waals surface area contributed by atoms with Crippen LogP contribution < -0.4 is 0 Å². The Balaban J connectivity index is 1.49. The molecule has 0 amide bonds. The van der Waals surface area contributed by atoms with Crippen LogP contribution in [0.5, 0.6) is 0 Å². The minimum absolute atomic E-state index is 0.202. The van der Waals surface area contributed by atoms with Crippen LogP contribution in [0.2, 0.25) is 0 Å². The summed E-state index contributed by atoms with van der Waals surface area (Å²) in [7, 11) is 0. The van der Waals surface area contributed by atoms with E-state index in [0.29, 0.717) is 0 Å². The number of hydrogen-bond donors (Lipinski definition) is 0. The van der Waals surface area contributed by atoms with Gasteiger partial charge in [-0.05, 0) is 27.8 Å². The number of esters is 1. The second kappa shape index (κ2) is 19.3. The highest BCUT2D eigenvalue weighted by molar-refractivity contribution is 5.67. The highest BCUT2D eigenvalue weighted by Crippen LogP contribution is 2.45. The van der Waals surface area contributed by atoms with Crippen molar-refractivity contribution in [3.63, 3.8) is 0 Å². The maximum atomic E-state index is 13.3. The molecule has 0 spiro atoms. The number of ether oxygens (including phenoxy) is 6. The van der Waals surface area contributed by atoms with E-state index in [1.165, 1.54) is 6.92 Å². The Labute approximate surface area is 313 Å². The second-order valence-electron chi connectivity index (χ2n) is 13.3. The maximum Gasteiger partial charge on any atom is 0.303 e. The molecule has 0 aromatic heterocycles. The van der Waals surface area contributed by atoms with E-state index >= 15 is 0 Å². The Morgan fingerprint density at radius 1 is 0.491 bits per heavy atom. The predicted molar refractivity (Wildman–Crippen MR) is 204 cm³/mol. The first-order chi connectivity index (χ1) is 26.1. The molecule has 0 aliphatic heterocycles. The molecule has 5 aromatic carbocycles. The summed E-state index contributed by atoms with van der Waals surface area (Å²) in [5.74, 6) is -0.485. The van der Waals surface area contributed by atoms with Gasteiger partial charge < -0.3 is 28.4 Å². The van der Waals surface area contributed by atoms with Crippen molar-refractivity contribution in [2.24, 2.45) is 0 Å². The smallest absolute Gasteiger partial charge is 0.303 e. The van der Waals surface area contributed by atoms with Gasteiger partial charge in [0.05, 0.1) is 33.0 Å². The molecule has 0 bridgehead atoms. The lowest BCUT2D eigenvalue weighted by molar-refractivity contribution is -0.318. The van der Waals surface area contributed by atoms with Crippen LogP contribution in [0.1, 0.15) is 41.2 Å². The molecule has 4 atom stereocenters. The van der Waals surface area contributed by atoms with E-state index in [1.807, 2.05) is 152 Å². The molecule has 1 saturated carbocycles. The minimum Gasteiger partial charge on any atom is -0.453 e. The second-order valence-corrected chi connectivity index (χ2v) is 13.3. The fourth-order valence-electron chi connectivity index (χ4n) is 6.98. The molecule has 274 valence electrons. The van der Waals surface area contributed by atoms with E-state index in [2.05, 4.69) is 6.58 Å². The zero-order chi connectivity index (χ0) is 36.7. The van der Waals surface area contributed by atoms with Crippen LogP contribution in [-0.2, 0) is 66.3 Å². The number of carbonyl (C=O) groups is 1. The number of hydrogen-bond acceptors (Lipinski definition) is 7. The van der Waals surface area contributed by atoms with Crippen LogP contribution in [-0.4, -0.2) is 42.1 Å². The molecule has 7 nitrogen and oxygen atoms in total. The van der Waals surface area contributed by atoms with Crippen LogP contribution in [0.15, 0.2) is 164 Å². The van der Waals surface area contributed by atoms with E-state index in [9.17, 15) is 4.79 Å². The zero-order valence-corrected chi connectivity index (χ0v) is 30.2. The topological polar surface area (TPSA) is 72.5 Å². The Bertz CT molecular complexity index is 1700. The molecule has 0 radical (unpaired) electrons. The lowest BCUT2D eigenvalue weighted by Gasteiger charge is -2.55. The molecule has 7 heteroatoms. The van der Waals surface area contributed by atoms with Crippen LogP contribution in [0.3, 0.4) is 0 Å². The van der Waals surface area contributed by atoms with Gasteiger partial charge >= 0.3 is 5.97 Å². The monoisotopic (exact) mass is 712 g/mol. The van der Waals surface area contributed by atoms with Gasteiger partial charge in [-0.15, -0.1) is 6.58 Å². The largest absolute Gasteiger partial charge is 0.453 e. The van der Waals surface area contributed by atoms with Crippen molar-refractivity contribution in [1.82, 2.24) is 0 Å². The first kappa shape index (κ1) is 37.9. The summed E-state index contributed by atoms with van der Waals surface area (Å²) >= 11 is 0. The third-order valence-electron chi connectivity index (χ3n) is 9.41. The highest BCUT2D eigenvalue weighted by Gasteiger charge is 2.64. The molecule has 0 N–H and O–H groups in total. The Morgan fingerprint density at radius 2 is 0.774 bits per heavy atom. The summed E-state index contributed by atoms with van der Waals surface area (Å²) in [5, 5.41) is 0. The van der Waals surface area contributed by atoms with Gasteiger partial charge in [-0.1, -0.05) is 158 Å². The quantitative estimate of drug-likeness (QED) is 0.0665. The molecule has 0 saturated heterocycles. The maximum absolute atomic E-state index is 13.3. The highest BCUT2D eigenvalue weighted by atomic mass is 16.6. The van der Waals surface area contributed by atoms with Gasteiger partial charge in [0.25, 0.3) is 0 Å². The lowest BCUT2D eigenvalue weighted by atomic mass is 9.72. The molecule has 1 aliphatic rings. The molecular weight excluding hydrogens is 664 g/mol. The van der Waals surface area contributed by atoms with E-state index in [1.54, 1.807) is 6.08 Å². The summed E-state index contributed by atoms with van der Waals surface area (Å²) in [6, 6.07) is 49.7. The van der Waals surface area contributed by atoms with Crippen molar-refractivity contribution in [1.29, 1.82) is 0 Å². The van der Waals surface area contributed by atoms with Crippen molar-refractivity contribution in [2.75, 3.05) is 0 Å². The molecule has 1 fully saturated rings. The lowest BCUT2D eigenvalue weighted by Crippen LogP contribution is -2.74. The molecule has 1 aliphatic carbocycles. The average molecular weight is 713 g/mol. The Morgan fingerprint density at radius 3 is 1.06 bits per heavy atom. The summed E-state index contributed by atoms with van der Waals surface area (Å²) in [5.41, 5.74) is 3.42. The van der Waals surface area contributed by atoms with Crippen LogP contribution in [0.4, 0.5) is 0 Å². The molecule has 0 heterocycles. The van der Waals surface area contributed by atoms with E-state index < -0.39 is 42.1 Å². The summed E-state index contributed by atoms with van der Waals surface area (Å²) in [4.78, 5) is 13.3. The minimum atomic E-state index is -1.42. The van der Waals surface area contributed by atoms with Crippen molar-refractivity contribution in [3.8, 4) is 0 Å². The van der Waals surface area contributed by atoms with Crippen molar-refractivity contribution in [2.45, 2.75) is 82.5 Å². The zero-order valence-electron chi connectivity index (χ0n) is 30.2. The SMILES string of the molecule is C=CC[C@]1(OC(C)=O)C(OCc2ccccc2)C(OCc2ccccc2)[C@@H](OCc2ccccc2)C(OCc2ccccc2)C1OCc1ccccc1. The van der Waals surface area contributed by atoms with Gasteiger partial charge in [0.15, 0.2) is 5.60 Å². The third kappa shape index (κ3) is 10.2. The van der Waals surface area contributed by atoms with Gasteiger partial charge in [0.1, 0.15) is 30.5 Å². The van der Waals surface area contributed by atoms with Gasteiger partial charge in [-0.3, -0.25) is 4.79 Å². The fourth-order valence-corrected chi connectivity index (χ4v) is 6.98. The summed E-state index contributed by atoms with van der Waals surface area (Å²) in [6.45, 7) is 6.78. The van der Waals surface area contributed by atoms with Gasteiger partial charge in [0, 0.05) is 13.3 Å². The van der Waals surface area contributed by atoms with Gasteiger partial charge in [-0.25, -0.2) is 0 Å². The molecular formula is C46H48O7. The fraction of sp³-hybridized carbons (Fsp3) is 0.283. The van der Waals surface area contributed by atoms with E-state index in [0.717, 1.165) is 27.8 Å². The Kier molecular flexibility index (Phi) is 13.8. The molecule has 5 aromatic rings. The van der Waals surface area contributed by atoms with Crippen molar-refractivity contribution in [3.05, 3.63) is 192 Å². The Hall–Kier alpha value is -4.89.